The maximum Gasteiger partial charge on any atom is 0.314 e. The Morgan fingerprint density at radius 3 is 2.50 bits per heavy atom. The Kier molecular flexibility index (Phi) is 5.40. The van der Waals surface area contributed by atoms with E-state index in [9.17, 15) is 9.59 Å². The van der Waals surface area contributed by atoms with Crippen molar-refractivity contribution < 1.29 is 19.4 Å². The highest BCUT2D eigenvalue weighted by Gasteiger charge is 2.37. The van der Waals surface area contributed by atoms with Crippen molar-refractivity contribution >= 4 is 12.0 Å². The molecule has 1 rings (SSSR count). The number of hydrogen-bond donors (Lipinski definition) is 3. The van der Waals surface area contributed by atoms with Crippen molar-refractivity contribution in [3.8, 4) is 0 Å². The van der Waals surface area contributed by atoms with Crippen LogP contribution in [0.25, 0.3) is 0 Å². The van der Waals surface area contributed by atoms with Crippen LogP contribution in [0.3, 0.4) is 0 Å². The number of carboxylic acids is 1. The minimum atomic E-state index is -0.850. The molecule has 1 fully saturated rings. The van der Waals surface area contributed by atoms with E-state index in [1.54, 1.807) is 14.0 Å². The molecule has 1 unspecified atom stereocenters. The van der Waals surface area contributed by atoms with Crippen LogP contribution in [0.5, 0.6) is 0 Å². The molecule has 0 aliphatic heterocycles. The van der Waals surface area contributed by atoms with Crippen LogP contribution in [0.15, 0.2) is 0 Å². The van der Waals surface area contributed by atoms with Gasteiger partial charge in [0.2, 0.25) is 0 Å². The molecule has 1 aliphatic rings. The van der Waals surface area contributed by atoms with Gasteiger partial charge in [-0.05, 0) is 25.2 Å². The van der Waals surface area contributed by atoms with Crippen molar-refractivity contribution in [3.05, 3.63) is 0 Å². The molecule has 0 saturated heterocycles. The highest BCUT2D eigenvalue weighted by Crippen LogP contribution is 2.34. The monoisotopic (exact) mass is 258 g/mol. The summed E-state index contributed by atoms with van der Waals surface area (Å²) in [6.07, 6.45) is 3.13. The zero-order chi connectivity index (χ0) is 13.6. The van der Waals surface area contributed by atoms with Crippen molar-refractivity contribution in [1.29, 1.82) is 0 Å². The smallest absolute Gasteiger partial charge is 0.314 e. The summed E-state index contributed by atoms with van der Waals surface area (Å²) < 4.78 is 5.38. The number of amides is 2. The van der Waals surface area contributed by atoms with Gasteiger partial charge in [-0.2, -0.15) is 0 Å². The summed E-state index contributed by atoms with van der Waals surface area (Å²) in [5.41, 5.74) is -0.190. The second-order valence-electron chi connectivity index (χ2n) is 5.01. The standard InChI is InChI=1S/C12H22N2O4/c1-9(6-10(15)16)7-13-11(17)14-8-12(18-2)4-3-5-12/h9H,3-8H2,1-2H3,(H,15,16)(H2,13,14,17). The van der Waals surface area contributed by atoms with E-state index in [4.69, 9.17) is 9.84 Å². The molecule has 0 aromatic heterocycles. The van der Waals surface area contributed by atoms with Crippen molar-refractivity contribution in [2.24, 2.45) is 5.92 Å². The summed E-state index contributed by atoms with van der Waals surface area (Å²) in [5, 5.41) is 14.0. The highest BCUT2D eigenvalue weighted by atomic mass is 16.5. The van der Waals surface area contributed by atoms with E-state index < -0.39 is 5.97 Å². The predicted octanol–water partition coefficient (Wildman–Crippen LogP) is 0.965. The number of methoxy groups -OCH3 is 1. The first-order valence-electron chi connectivity index (χ1n) is 6.26. The van der Waals surface area contributed by atoms with Gasteiger partial charge in [0.25, 0.3) is 0 Å². The van der Waals surface area contributed by atoms with Gasteiger partial charge in [0.15, 0.2) is 0 Å². The molecule has 0 spiro atoms. The lowest BCUT2D eigenvalue weighted by Gasteiger charge is -2.40. The molecular formula is C12H22N2O4. The topological polar surface area (TPSA) is 87.7 Å². The van der Waals surface area contributed by atoms with Crippen LogP contribution in [-0.4, -0.2) is 42.9 Å². The Bertz CT molecular complexity index is 297. The number of rotatable bonds is 7. The third-order valence-corrected chi connectivity index (χ3v) is 3.40. The average molecular weight is 258 g/mol. The lowest BCUT2D eigenvalue weighted by Crippen LogP contribution is -2.51. The number of ether oxygens (including phenoxy) is 1. The fourth-order valence-corrected chi connectivity index (χ4v) is 1.97. The molecule has 0 radical (unpaired) electrons. The molecule has 18 heavy (non-hydrogen) atoms. The van der Waals surface area contributed by atoms with E-state index in [1.165, 1.54) is 0 Å². The summed E-state index contributed by atoms with van der Waals surface area (Å²) in [6.45, 7) is 2.65. The normalized spacial score (nSPS) is 18.6. The van der Waals surface area contributed by atoms with E-state index in [1.807, 2.05) is 0 Å². The van der Waals surface area contributed by atoms with Crippen LogP contribution < -0.4 is 10.6 Å². The van der Waals surface area contributed by atoms with E-state index >= 15 is 0 Å². The molecule has 0 heterocycles. The minimum Gasteiger partial charge on any atom is -0.481 e. The van der Waals surface area contributed by atoms with Gasteiger partial charge in [0.1, 0.15) is 0 Å². The quantitative estimate of drug-likeness (QED) is 0.635. The first kappa shape index (κ1) is 14.8. The van der Waals surface area contributed by atoms with Gasteiger partial charge in [-0.15, -0.1) is 0 Å². The zero-order valence-corrected chi connectivity index (χ0v) is 11.0. The number of aliphatic carboxylic acids is 1. The van der Waals surface area contributed by atoms with E-state index in [0.717, 1.165) is 19.3 Å². The highest BCUT2D eigenvalue weighted by molar-refractivity contribution is 5.74. The first-order valence-corrected chi connectivity index (χ1v) is 6.26. The Hall–Kier alpha value is -1.30. The van der Waals surface area contributed by atoms with E-state index in [2.05, 4.69) is 10.6 Å². The lowest BCUT2D eigenvalue weighted by atomic mass is 9.80. The molecule has 1 aliphatic carbocycles. The van der Waals surface area contributed by atoms with Crippen LogP contribution in [-0.2, 0) is 9.53 Å². The Balaban J connectivity index is 2.15. The minimum absolute atomic E-state index is 0.0578. The molecule has 1 atom stereocenters. The number of carbonyl (C=O) groups is 2. The van der Waals surface area contributed by atoms with Gasteiger partial charge in [-0.25, -0.2) is 4.79 Å². The molecule has 0 bridgehead atoms. The predicted molar refractivity (Wildman–Crippen MR) is 66.4 cm³/mol. The molecule has 1 saturated carbocycles. The van der Waals surface area contributed by atoms with Crippen molar-refractivity contribution in [2.45, 2.75) is 38.2 Å². The van der Waals surface area contributed by atoms with Gasteiger partial charge in [-0.3, -0.25) is 4.79 Å². The van der Waals surface area contributed by atoms with Gasteiger partial charge < -0.3 is 20.5 Å². The second kappa shape index (κ2) is 6.58. The van der Waals surface area contributed by atoms with Crippen molar-refractivity contribution in [2.75, 3.05) is 20.2 Å². The third-order valence-electron chi connectivity index (χ3n) is 3.40. The van der Waals surface area contributed by atoms with Crippen LogP contribution in [0.1, 0.15) is 32.6 Å². The summed E-state index contributed by atoms with van der Waals surface area (Å²) in [7, 11) is 1.66. The van der Waals surface area contributed by atoms with Crippen molar-refractivity contribution in [1.82, 2.24) is 10.6 Å². The maximum absolute atomic E-state index is 11.5. The maximum atomic E-state index is 11.5. The molecule has 0 aromatic rings. The van der Waals surface area contributed by atoms with Crippen LogP contribution in [0, 0.1) is 5.92 Å². The van der Waals surface area contributed by atoms with E-state index in [0.29, 0.717) is 13.1 Å². The van der Waals surface area contributed by atoms with Gasteiger partial charge in [0, 0.05) is 26.6 Å². The number of urea groups is 1. The van der Waals surface area contributed by atoms with Gasteiger partial charge in [0.05, 0.1) is 5.60 Å². The Morgan fingerprint density at radius 1 is 1.39 bits per heavy atom. The van der Waals surface area contributed by atoms with Gasteiger partial charge >= 0.3 is 12.0 Å². The number of carbonyl (C=O) groups excluding carboxylic acids is 1. The number of hydrogen-bond acceptors (Lipinski definition) is 3. The molecule has 6 nitrogen and oxygen atoms in total. The first-order chi connectivity index (χ1) is 8.47. The lowest BCUT2D eigenvalue weighted by molar-refractivity contribution is -0.137. The second-order valence-corrected chi connectivity index (χ2v) is 5.01. The summed E-state index contributed by atoms with van der Waals surface area (Å²) in [4.78, 5) is 22.0. The van der Waals surface area contributed by atoms with Crippen LogP contribution >= 0.6 is 0 Å². The third kappa shape index (κ3) is 4.52. The molecular weight excluding hydrogens is 236 g/mol. The fourth-order valence-electron chi connectivity index (χ4n) is 1.97. The molecule has 0 aromatic carbocycles. The van der Waals surface area contributed by atoms with Crippen molar-refractivity contribution in [3.63, 3.8) is 0 Å². The molecule has 6 heteroatoms. The summed E-state index contributed by atoms with van der Waals surface area (Å²) in [6, 6.07) is -0.268. The van der Waals surface area contributed by atoms with Crippen LogP contribution in [0.2, 0.25) is 0 Å². The van der Waals surface area contributed by atoms with E-state index in [-0.39, 0.29) is 24.0 Å². The Labute approximate surface area is 107 Å². The molecule has 2 amide bonds. The fraction of sp³-hybridized carbons (Fsp3) is 0.833. The SMILES string of the molecule is COC1(CNC(=O)NCC(C)CC(=O)O)CCC1. The average Bonchev–Trinajstić information content (AvgIpc) is 2.24. The number of carboxylic acid groups (broad SMARTS) is 1. The zero-order valence-electron chi connectivity index (χ0n) is 11.0. The largest absolute Gasteiger partial charge is 0.481 e. The van der Waals surface area contributed by atoms with Gasteiger partial charge in [-0.1, -0.05) is 6.92 Å². The number of nitrogens with one attached hydrogen (secondary N) is 2. The summed E-state index contributed by atoms with van der Waals surface area (Å²) in [5.74, 6) is -0.925. The Morgan fingerprint density at radius 2 is 2.06 bits per heavy atom. The molecule has 104 valence electrons. The van der Waals surface area contributed by atoms with Crippen LogP contribution in [0.4, 0.5) is 4.79 Å². The summed E-state index contributed by atoms with van der Waals surface area (Å²) >= 11 is 0. The molecule has 3 N–H and O–H groups in total.